The van der Waals surface area contributed by atoms with Crippen LogP contribution in [0.3, 0.4) is 0 Å². The van der Waals surface area contributed by atoms with Crippen molar-refractivity contribution < 1.29 is 13.2 Å². The number of nitrogens with zero attached hydrogens (tertiary/aromatic N) is 1. The number of hydrogen-bond donors (Lipinski definition) is 1. The van der Waals surface area contributed by atoms with Gasteiger partial charge in [0.2, 0.25) is 15.9 Å². The molecule has 1 saturated heterocycles. The Kier molecular flexibility index (Phi) is 4.47. The first-order valence-electron chi connectivity index (χ1n) is 8.20. The molecule has 1 spiro atoms. The number of carbonyl (C=O) groups excluding carboxylic acids is 1. The average Bonchev–Trinajstić information content (AvgIpc) is 3.15. The van der Waals surface area contributed by atoms with Crippen molar-refractivity contribution in [3.05, 3.63) is 35.9 Å². The molecule has 23 heavy (non-hydrogen) atoms. The summed E-state index contributed by atoms with van der Waals surface area (Å²) in [6.07, 6.45) is 3.61. The third-order valence-corrected chi connectivity index (χ3v) is 7.20. The number of amides is 1. The molecule has 2 fully saturated rings. The summed E-state index contributed by atoms with van der Waals surface area (Å²) in [4.78, 5) is 12.1. The van der Waals surface area contributed by atoms with Crippen LogP contribution in [0.25, 0.3) is 0 Å². The number of sulfonamides is 1. The standard InChI is InChI=1S/C17H24N2O3S/c1-18-16(20)15-8-5-9-17(15)10-11-19(13-17)23(21,22)12-14-6-3-2-4-7-14/h2-4,6-7,15H,5,8-13H2,1H3,(H,18,20)/t15-,17+/m0/s1. The van der Waals surface area contributed by atoms with Crippen molar-refractivity contribution in [2.75, 3.05) is 20.1 Å². The Hall–Kier alpha value is -1.40. The fourth-order valence-electron chi connectivity index (χ4n) is 4.18. The molecule has 0 aromatic heterocycles. The van der Waals surface area contributed by atoms with E-state index in [0.717, 1.165) is 31.2 Å². The largest absolute Gasteiger partial charge is 0.359 e. The Morgan fingerprint density at radius 3 is 2.74 bits per heavy atom. The molecule has 2 aliphatic rings. The van der Waals surface area contributed by atoms with Crippen LogP contribution in [-0.2, 0) is 20.6 Å². The zero-order chi connectivity index (χ0) is 16.5. The summed E-state index contributed by atoms with van der Waals surface area (Å²) in [6, 6.07) is 9.27. The number of benzene rings is 1. The number of hydrogen-bond acceptors (Lipinski definition) is 3. The van der Waals surface area contributed by atoms with Crippen molar-refractivity contribution >= 4 is 15.9 Å². The SMILES string of the molecule is CNC(=O)[C@@H]1CCC[C@]12CCN(S(=O)(=O)Cc1ccccc1)C2. The maximum atomic E-state index is 12.7. The van der Waals surface area contributed by atoms with Gasteiger partial charge in [-0.2, -0.15) is 0 Å². The highest BCUT2D eigenvalue weighted by atomic mass is 32.2. The van der Waals surface area contributed by atoms with E-state index in [-0.39, 0.29) is 23.0 Å². The van der Waals surface area contributed by atoms with Crippen LogP contribution in [0.15, 0.2) is 30.3 Å². The molecular formula is C17H24N2O3S. The van der Waals surface area contributed by atoms with Gasteiger partial charge in [-0.05, 0) is 30.2 Å². The number of nitrogens with one attached hydrogen (secondary N) is 1. The Morgan fingerprint density at radius 2 is 2.04 bits per heavy atom. The molecule has 0 unspecified atom stereocenters. The maximum absolute atomic E-state index is 12.7. The third kappa shape index (κ3) is 3.15. The zero-order valence-corrected chi connectivity index (χ0v) is 14.3. The lowest BCUT2D eigenvalue weighted by atomic mass is 9.76. The summed E-state index contributed by atoms with van der Waals surface area (Å²) in [5, 5.41) is 2.74. The lowest BCUT2D eigenvalue weighted by Crippen LogP contribution is -2.40. The molecule has 1 N–H and O–H groups in total. The van der Waals surface area contributed by atoms with Crippen LogP contribution >= 0.6 is 0 Å². The van der Waals surface area contributed by atoms with E-state index < -0.39 is 10.0 Å². The van der Waals surface area contributed by atoms with Gasteiger partial charge in [-0.25, -0.2) is 12.7 Å². The van der Waals surface area contributed by atoms with Crippen molar-refractivity contribution in [2.45, 2.75) is 31.4 Å². The summed E-state index contributed by atoms with van der Waals surface area (Å²) in [7, 11) is -1.67. The maximum Gasteiger partial charge on any atom is 0.223 e. The van der Waals surface area contributed by atoms with Gasteiger partial charge in [0.15, 0.2) is 0 Å². The lowest BCUT2D eigenvalue weighted by Gasteiger charge is -2.30. The first-order chi connectivity index (χ1) is 11.0. The molecule has 0 radical (unpaired) electrons. The predicted molar refractivity (Wildman–Crippen MR) is 89.1 cm³/mol. The summed E-state index contributed by atoms with van der Waals surface area (Å²) < 4.78 is 27.0. The van der Waals surface area contributed by atoms with Crippen molar-refractivity contribution in [1.29, 1.82) is 0 Å². The van der Waals surface area contributed by atoms with Crippen molar-refractivity contribution in [2.24, 2.45) is 11.3 Å². The summed E-state index contributed by atoms with van der Waals surface area (Å²) in [5.41, 5.74) is 0.645. The molecule has 5 nitrogen and oxygen atoms in total. The van der Waals surface area contributed by atoms with E-state index in [4.69, 9.17) is 0 Å². The summed E-state index contributed by atoms with van der Waals surface area (Å²) >= 11 is 0. The highest BCUT2D eigenvalue weighted by molar-refractivity contribution is 7.88. The summed E-state index contributed by atoms with van der Waals surface area (Å²) in [5.74, 6) is 0.0448. The first-order valence-corrected chi connectivity index (χ1v) is 9.81. The minimum Gasteiger partial charge on any atom is -0.359 e. The second-order valence-corrected chi connectivity index (χ2v) is 8.72. The smallest absolute Gasteiger partial charge is 0.223 e. The van der Waals surface area contributed by atoms with Gasteiger partial charge < -0.3 is 5.32 Å². The second-order valence-electron chi connectivity index (χ2n) is 6.75. The monoisotopic (exact) mass is 336 g/mol. The van der Waals surface area contributed by atoms with Crippen LogP contribution in [0.1, 0.15) is 31.2 Å². The van der Waals surface area contributed by atoms with Crippen LogP contribution < -0.4 is 5.32 Å². The van der Waals surface area contributed by atoms with E-state index >= 15 is 0 Å². The fourth-order valence-corrected chi connectivity index (χ4v) is 5.80. The molecule has 3 rings (SSSR count). The first kappa shape index (κ1) is 16.5. The Morgan fingerprint density at radius 1 is 1.30 bits per heavy atom. The molecule has 1 amide bonds. The van der Waals surface area contributed by atoms with Gasteiger partial charge in [0.25, 0.3) is 0 Å². The molecule has 1 saturated carbocycles. The Balaban J connectivity index is 1.75. The minimum absolute atomic E-state index is 0.0363. The molecule has 1 aliphatic heterocycles. The van der Waals surface area contributed by atoms with Crippen molar-refractivity contribution in [3.63, 3.8) is 0 Å². The van der Waals surface area contributed by atoms with Gasteiger partial charge in [0, 0.05) is 26.1 Å². The normalized spacial score (nSPS) is 28.3. The number of carbonyl (C=O) groups is 1. The van der Waals surface area contributed by atoms with E-state index in [9.17, 15) is 13.2 Å². The van der Waals surface area contributed by atoms with Crippen molar-refractivity contribution in [1.82, 2.24) is 9.62 Å². The van der Waals surface area contributed by atoms with E-state index in [0.29, 0.717) is 13.1 Å². The topological polar surface area (TPSA) is 66.5 Å². The van der Waals surface area contributed by atoms with Crippen molar-refractivity contribution in [3.8, 4) is 0 Å². The predicted octanol–water partition coefficient (Wildman–Crippen LogP) is 1.75. The van der Waals surface area contributed by atoms with E-state index in [1.54, 1.807) is 11.4 Å². The zero-order valence-electron chi connectivity index (χ0n) is 13.5. The van der Waals surface area contributed by atoms with Gasteiger partial charge in [-0.15, -0.1) is 0 Å². The van der Waals surface area contributed by atoms with Gasteiger partial charge >= 0.3 is 0 Å². The molecule has 2 atom stereocenters. The molecule has 1 aromatic carbocycles. The highest BCUT2D eigenvalue weighted by Crippen LogP contribution is 2.50. The average molecular weight is 336 g/mol. The molecular weight excluding hydrogens is 312 g/mol. The summed E-state index contributed by atoms with van der Waals surface area (Å²) in [6.45, 7) is 1.02. The van der Waals surface area contributed by atoms with E-state index in [1.807, 2.05) is 30.3 Å². The Bertz CT molecular complexity index is 674. The highest BCUT2D eigenvalue weighted by Gasteiger charge is 2.52. The molecule has 126 valence electrons. The van der Waals surface area contributed by atoms with Gasteiger partial charge in [0.1, 0.15) is 0 Å². The lowest BCUT2D eigenvalue weighted by molar-refractivity contribution is -0.127. The van der Waals surface area contributed by atoms with Gasteiger partial charge in [-0.1, -0.05) is 36.8 Å². The van der Waals surface area contributed by atoms with Crippen LogP contribution in [-0.4, -0.2) is 38.8 Å². The van der Waals surface area contributed by atoms with Crippen LogP contribution in [0.2, 0.25) is 0 Å². The minimum atomic E-state index is -3.33. The Labute approximate surface area is 138 Å². The third-order valence-electron chi connectivity index (χ3n) is 5.41. The molecule has 1 heterocycles. The number of rotatable bonds is 4. The van der Waals surface area contributed by atoms with Crippen LogP contribution in [0, 0.1) is 11.3 Å². The molecule has 0 bridgehead atoms. The second kappa shape index (κ2) is 6.24. The molecule has 1 aromatic rings. The molecule has 1 aliphatic carbocycles. The quantitative estimate of drug-likeness (QED) is 0.911. The van der Waals surface area contributed by atoms with Crippen LogP contribution in [0.4, 0.5) is 0 Å². The van der Waals surface area contributed by atoms with Gasteiger partial charge in [-0.3, -0.25) is 4.79 Å². The molecule has 6 heteroatoms. The van der Waals surface area contributed by atoms with Crippen LogP contribution in [0.5, 0.6) is 0 Å². The fraction of sp³-hybridized carbons (Fsp3) is 0.588. The van der Waals surface area contributed by atoms with Gasteiger partial charge in [0.05, 0.1) is 5.75 Å². The van der Waals surface area contributed by atoms with E-state index in [2.05, 4.69) is 5.32 Å². The van der Waals surface area contributed by atoms with E-state index in [1.165, 1.54) is 0 Å².